The van der Waals surface area contributed by atoms with Crippen LogP contribution in [0.15, 0.2) is 0 Å². The first kappa shape index (κ1) is 10.5. The molecule has 0 heterocycles. The highest BCUT2D eigenvalue weighted by atomic mass is 16.3. The van der Waals surface area contributed by atoms with Gasteiger partial charge in [0.25, 0.3) is 0 Å². The normalized spacial score (nSPS) is 28.7. The average Bonchev–Trinajstić information content (AvgIpc) is 2.15. The van der Waals surface area contributed by atoms with Gasteiger partial charge in [0.15, 0.2) is 0 Å². The van der Waals surface area contributed by atoms with Crippen LogP contribution in [0.25, 0.3) is 0 Å². The molecule has 0 aromatic rings. The Kier molecular flexibility index (Phi) is 4.18. The highest BCUT2D eigenvalue weighted by Crippen LogP contribution is 2.23. The Hall–Kier alpha value is -0.610. The summed E-state index contributed by atoms with van der Waals surface area (Å²) in [5.41, 5.74) is 5.21. The molecule has 0 saturated heterocycles. The van der Waals surface area contributed by atoms with E-state index in [4.69, 9.17) is 10.8 Å². The lowest BCUT2D eigenvalue weighted by atomic mass is 9.85. The standard InChI is InChI=1S/C9H18N2O2/c10-9(13)7-1-3-8(4-2-7)11-5-6-12/h7-8,11-12H,1-6H2,(H2,10,13). The zero-order chi connectivity index (χ0) is 9.68. The Bertz CT molecular complexity index is 165. The van der Waals surface area contributed by atoms with Gasteiger partial charge in [-0.25, -0.2) is 0 Å². The van der Waals surface area contributed by atoms with Gasteiger partial charge < -0.3 is 16.2 Å². The zero-order valence-corrected chi connectivity index (χ0v) is 7.83. The molecule has 1 saturated carbocycles. The van der Waals surface area contributed by atoms with Crippen LogP contribution < -0.4 is 11.1 Å². The lowest BCUT2D eigenvalue weighted by Gasteiger charge is -2.27. The zero-order valence-electron chi connectivity index (χ0n) is 7.83. The van der Waals surface area contributed by atoms with Crippen molar-refractivity contribution in [3.63, 3.8) is 0 Å². The Morgan fingerprint density at radius 3 is 2.46 bits per heavy atom. The summed E-state index contributed by atoms with van der Waals surface area (Å²) in [5, 5.41) is 11.8. The molecule has 0 atom stereocenters. The number of nitrogens with one attached hydrogen (secondary N) is 1. The second-order valence-electron chi connectivity index (χ2n) is 3.63. The van der Waals surface area contributed by atoms with Crippen LogP contribution in [0.5, 0.6) is 0 Å². The number of nitrogens with two attached hydrogens (primary N) is 1. The predicted octanol–water partition coefficient (Wildman–Crippen LogP) is -0.388. The largest absolute Gasteiger partial charge is 0.395 e. The molecule has 13 heavy (non-hydrogen) atoms. The van der Waals surface area contributed by atoms with Crippen molar-refractivity contribution in [3.05, 3.63) is 0 Å². The number of hydrogen-bond donors (Lipinski definition) is 3. The highest BCUT2D eigenvalue weighted by Gasteiger charge is 2.23. The maximum atomic E-state index is 10.8. The molecule has 0 radical (unpaired) electrons. The van der Waals surface area contributed by atoms with Gasteiger partial charge >= 0.3 is 0 Å². The van der Waals surface area contributed by atoms with Crippen molar-refractivity contribution in [2.45, 2.75) is 31.7 Å². The number of carbonyl (C=O) groups excluding carboxylic acids is 1. The Morgan fingerprint density at radius 1 is 1.38 bits per heavy atom. The summed E-state index contributed by atoms with van der Waals surface area (Å²) in [5.74, 6) is -0.0900. The molecule has 0 unspecified atom stereocenters. The van der Waals surface area contributed by atoms with E-state index < -0.39 is 0 Å². The topological polar surface area (TPSA) is 75.4 Å². The second-order valence-corrected chi connectivity index (χ2v) is 3.63. The summed E-state index contributed by atoms with van der Waals surface area (Å²) in [7, 11) is 0. The van der Waals surface area contributed by atoms with Crippen LogP contribution >= 0.6 is 0 Å². The number of amides is 1. The minimum absolute atomic E-state index is 0.0761. The third-order valence-corrected chi connectivity index (χ3v) is 2.67. The fourth-order valence-electron chi connectivity index (χ4n) is 1.85. The molecule has 1 fully saturated rings. The van der Waals surface area contributed by atoms with Gasteiger partial charge in [0.05, 0.1) is 6.61 Å². The molecule has 1 amide bonds. The van der Waals surface area contributed by atoms with Gasteiger partial charge in [-0.05, 0) is 25.7 Å². The number of hydrogen-bond acceptors (Lipinski definition) is 3. The van der Waals surface area contributed by atoms with Crippen LogP contribution in [0.2, 0.25) is 0 Å². The third-order valence-electron chi connectivity index (χ3n) is 2.67. The number of aliphatic hydroxyl groups is 1. The van der Waals surface area contributed by atoms with E-state index in [1.54, 1.807) is 0 Å². The van der Waals surface area contributed by atoms with Crippen LogP contribution in [0, 0.1) is 5.92 Å². The monoisotopic (exact) mass is 186 g/mol. The summed E-state index contributed by atoms with van der Waals surface area (Å²) in [6.07, 6.45) is 3.76. The first-order valence-corrected chi connectivity index (χ1v) is 4.87. The van der Waals surface area contributed by atoms with Crippen molar-refractivity contribution >= 4 is 5.91 Å². The maximum Gasteiger partial charge on any atom is 0.220 e. The fourth-order valence-corrected chi connectivity index (χ4v) is 1.85. The first-order chi connectivity index (χ1) is 6.24. The molecule has 1 rings (SSSR count). The molecule has 4 heteroatoms. The van der Waals surface area contributed by atoms with Crippen molar-refractivity contribution in [2.24, 2.45) is 11.7 Å². The van der Waals surface area contributed by atoms with Crippen LogP contribution in [0.1, 0.15) is 25.7 Å². The molecule has 1 aliphatic carbocycles. The molecule has 4 N–H and O–H groups in total. The summed E-state index contributed by atoms with van der Waals surface area (Å²) in [6, 6.07) is 0.461. The van der Waals surface area contributed by atoms with E-state index in [9.17, 15) is 4.79 Å². The van der Waals surface area contributed by atoms with Crippen molar-refractivity contribution in [3.8, 4) is 0 Å². The molecule has 1 aliphatic rings. The SMILES string of the molecule is NC(=O)C1CCC(NCCO)CC1. The molecule has 0 aliphatic heterocycles. The van der Waals surface area contributed by atoms with Gasteiger partial charge in [-0.2, -0.15) is 0 Å². The minimum atomic E-state index is -0.166. The lowest BCUT2D eigenvalue weighted by molar-refractivity contribution is -0.122. The van der Waals surface area contributed by atoms with Crippen molar-refractivity contribution in [1.82, 2.24) is 5.32 Å². The van der Waals surface area contributed by atoms with Gasteiger partial charge in [0, 0.05) is 18.5 Å². The molecular formula is C9H18N2O2. The highest BCUT2D eigenvalue weighted by molar-refractivity contribution is 5.76. The minimum Gasteiger partial charge on any atom is -0.395 e. The van der Waals surface area contributed by atoms with Crippen molar-refractivity contribution < 1.29 is 9.90 Å². The molecular weight excluding hydrogens is 168 g/mol. The van der Waals surface area contributed by atoms with Crippen molar-refractivity contribution in [2.75, 3.05) is 13.2 Å². The smallest absolute Gasteiger partial charge is 0.220 e. The molecule has 0 aromatic heterocycles. The molecule has 4 nitrogen and oxygen atoms in total. The maximum absolute atomic E-state index is 10.8. The van der Waals surface area contributed by atoms with Gasteiger partial charge in [-0.3, -0.25) is 4.79 Å². The summed E-state index contributed by atoms with van der Waals surface area (Å²) >= 11 is 0. The Balaban J connectivity index is 2.18. The second kappa shape index (κ2) is 5.19. The van der Waals surface area contributed by atoms with E-state index in [-0.39, 0.29) is 18.4 Å². The van der Waals surface area contributed by atoms with Crippen LogP contribution in [-0.2, 0) is 4.79 Å². The number of primary amides is 1. The number of aliphatic hydroxyl groups excluding tert-OH is 1. The van der Waals surface area contributed by atoms with E-state index in [0.717, 1.165) is 25.7 Å². The van der Waals surface area contributed by atoms with Gasteiger partial charge in [0.2, 0.25) is 5.91 Å². The summed E-state index contributed by atoms with van der Waals surface area (Å²) < 4.78 is 0. The van der Waals surface area contributed by atoms with E-state index in [0.29, 0.717) is 12.6 Å². The molecule has 0 bridgehead atoms. The molecule has 0 aromatic carbocycles. The lowest BCUT2D eigenvalue weighted by Crippen LogP contribution is -2.37. The molecule has 76 valence electrons. The first-order valence-electron chi connectivity index (χ1n) is 4.87. The van der Waals surface area contributed by atoms with Gasteiger partial charge in [-0.15, -0.1) is 0 Å². The Morgan fingerprint density at radius 2 is 2.00 bits per heavy atom. The molecule has 0 spiro atoms. The third kappa shape index (κ3) is 3.32. The van der Waals surface area contributed by atoms with E-state index >= 15 is 0 Å². The van der Waals surface area contributed by atoms with E-state index in [2.05, 4.69) is 5.32 Å². The van der Waals surface area contributed by atoms with E-state index in [1.807, 2.05) is 0 Å². The average molecular weight is 186 g/mol. The fraction of sp³-hybridized carbons (Fsp3) is 0.889. The van der Waals surface area contributed by atoms with Crippen LogP contribution in [0.3, 0.4) is 0 Å². The quantitative estimate of drug-likeness (QED) is 0.560. The van der Waals surface area contributed by atoms with Crippen LogP contribution in [0.4, 0.5) is 0 Å². The van der Waals surface area contributed by atoms with Gasteiger partial charge in [-0.1, -0.05) is 0 Å². The van der Waals surface area contributed by atoms with Gasteiger partial charge in [0.1, 0.15) is 0 Å². The van der Waals surface area contributed by atoms with E-state index in [1.165, 1.54) is 0 Å². The van der Waals surface area contributed by atoms with Crippen molar-refractivity contribution in [1.29, 1.82) is 0 Å². The number of rotatable bonds is 4. The summed E-state index contributed by atoms with van der Waals surface area (Å²) in [6.45, 7) is 0.821. The number of carbonyl (C=O) groups is 1. The predicted molar refractivity (Wildman–Crippen MR) is 50.0 cm³/mol. The van der Waals surface area contributed by atoms with Crippen LogP contribution in [-0.4, -0.2) is 30.2 Å². The summed E-state index contributed by atoms with van der Waals surface area (Å²) in [4.78, 5) is 10.8. The Labute approximate surface area is 78.5 Å².